The number of carbonyl (C=O) groups excluding carboxylic acids is 2. The van der Waals surface area contributed by atoms with Crippen molar-refractivity contribution in [1.82, 2.24) is 0 Å². The van der Waals surface area contributed by atoms with E-state index >= 15 is 0 Å². The van der Waals surface area contributed by atoms with E-state index < -0.39 is 0 Å². The number of furan rings is 1. The first-order chi connectivity index (χ1) is 6.74. The molecule has 0 fully saturated rings. The van der Waals surface area contributed by atoms with Gasteiger partial charge in [-0.25, -0.2) is 0 Å². The predicted octanol–water partition coefficient (Wildman–Crippen LogP) is 2.39. The minimum atomic E-state index is 0.0810. The molecule has 1 aromatic rings. The highest BCUT2D eigenvalue weighted by atomic mass is 32.2. The lowest BCUT2D eigenvalue weighted by molar-refractivity contribution is -0.109. The molecular weight excluding hydrogens is 200 g/mol. The van der Waals surface area contributed by atoms with Crippen LogP contribution in [0.4, 0.5) is 0 Å². The molecule has 74 valence electrons. The van der Waals surface area contributed by atoms with Gasteiger partial charge in [-0.1, -0.05) is 23.9 Å². The lowest BCUT2D eigenvalue weighted by atomic mass is 10.2. The third-order valence-corrected chi connectivity index (χ3v) is 2.28. The number of rotatable bonds is 4. The summed E-state index contributed by atoms with van der Waals surface area (Å²) in [6.45, 7) is 1.52. The predicted molar refractivity (Wildman–Crippen MR) is 56.3 cm³/mol. The van der Waals surface area contributed by atoms with E-state index in [1.807, 2.05) is 6.08 Å². The SMILES string of the molecule is CC(=O)SCC=Cc1ccoc1C=O. The van der Waals surface area contributed by atoms with Crippen molar-refractivity contribution in [2.75, 3.05) is 5.75 Å². The zero-order valence-electron chi connectivity index (χ0n) is 7.73. The van der Waals surface area contributed by atoms with Gasteiger partial charge in [0, 0.05) is 18.2 Å². The highest BCUT2D eigenvalue weighted by molar-refractivity contribution is 8.13. The monoisotopic (exact) mass is 210 g/mol. The van der Waals surface area contributed by atoms with Crippen LogP contribution in [-0.4, -0.2) is 17.2 Å². The Bertz CT molecular complexity index is 352. The molecule has 0 saturated heterocycles. The molecule has 0 saturated carbocycles. The Hall–Kier alpha value is -1.29. The van der Waals surface area contributed by atoms with E-state index in [9.17, 15) is 9.59 Å². The van der Waals surface area contributed by atoms with Crippen molar-refractivity contribution in [2.45, 2.75) is 6.92 Å². The molecule has 0 amide bonds. The van der Waals surface area contributed by atoms with Gasteiger partial charge in [0.15, 0.2) is 17.2 Å². The van der Waals surface area contributed by atoms with Gasteiger partial charge in [0.1, 0.15) is 0 Å². The van der Waals surface area contributed by atoms with Gasteiger partial charge in [0.05, 0.1) is 6.26 Å². The maximum atomic E-state index is 10.6. The third kappa shape index (κ3) is 3.22. The molecular formula is C10H10O3S. The van der Waals surface area contributed by atoms with Crippen molar-refractivity contribution in [2.24, 2.45) is 0 Å². The zero-order chi connectivity index (χ0) is 10.4. The molecule has 0 unspecified atom stereocenters. The van der Waals surface area contributed by atoms with Crippen LogP contribution in [0.15, 0.2) is 22.8 Å². The van der Waals surface area contributed by atoms with Gasteiger partial charge in [0.2, 0.25) is 0 Å². The van der Waals surface area contributed by atoms with Crippen molar-refractivity contribution in [1.29, 1.82) is 0 Å². The second kappa shape index (κ2) is 5.44. The average Bonchev–Trinajstić information content (AvgIpc) is 2.59. The molecule has 0 bridgehead atoms. The summed E-state index contributed by atoms with van der Waals surface area (Å²) in [5, 5.41) is 0.0810. The van der Waals surface area contributed by atoms with Crippen molar-refractivity contribution >= 4 is 29.2 Å². The second-order valence-electron chi connectivity index (χ2n) is 2.56. The van der Waals surface area contributed by atoms with Gasteiger partial charge < -0.3 is 4.42 Å². The van der Waals surface area contributed by atoms with Gasteiger partial charge in [-0.2, -0.15) is 0 Å². The van der Waals surface area contributed by atoms with Crippen LogP contribution in [0.5, 0.6) is 0 Å². The fraction of sp³-hybridized carbons (Fsp3) is 0.200. The molecule has 0 spiro atoms. The van der Waals surface area contributed by atoms with E-state index in [1.54, 1.807) is 12.1 Å². The Morgan fingerprint density at radius 1 is 1.64 bits per heavy atom. The second-order valence-corrected chi connectivity index (χ2v) is 3.76. The number of hydrogen-bond donors (Lipinski definition) is 0. The Kier molecular flexibility index (Phi) is 4.19. The highest BCUT2D eigenvalue weighted by Crippen LogP contribution is 2.11. The molecule has 0 aromatic carbocycles. The van der Waals surface area contributed by atoms with Crippen LogP contribution >= 0.6 is 11.8 Å². The molecule has 3 nitrogen and oxygen atoms in total. The Labute approximate surface area is 86.2 Å². The summed E-state index contributed by atoms with van der Waals surface area (Å²) in [4.78, 5) is 21.0. The van der Waals surface area contributed by atoms with Crippen LogP contribution in [0.25, 0.3) is 6.08 Å². The van der Waals surface area contributed by atoms with Gasteiger partial charge in [-0.15, -0.1) is 0 Å². The summed E-state index contributed by atoms with van der Waals surface area (Å²) in [5.74, 6) is 0.924. The first-order valence-corrected chi connectivity index (χ1v) is 5.05. The third-order valence-electron chi connectivity index (χ3n) is 1.51. The maximum Gasteiger partial charge on any atom is 0.186 e. The summed E-state index contributed by atoms with van der Waals surface area (Å²) in [5.41, 5.74) is 0.740. The van der Waals surface area contributed by atoms with E-state index in [0.717, 1.165) is 5.56 Å². The normalized spacial score (nSPS) is 10.6. The van der Waals surface area contributed by atoms with Crippen LogP contribution in [0.2, 0.25) is 0 Å². The molecule has 1 heterocycles. The standard InChI is InChI=1S/C10H10O3S/c1-8(12)14-6-2-3-9-4-5-13-10(9)7-11/h2-5,7H,6H2,1H3. The molecule has 1 aromatic heterocycles. The van der Waals surface area contributed by atoms with Gasteiger partial charge in [-0.3, -0.25) is 9.59 Å². The van der Waals surface area contributed by atoms with Crippen molar-refractivity contribution in [3.8, 4) is 0 Å². The van der Waals surface area contributed by atoms with Crippen LogP contribution in [0.1, 0.15) is 23.0 Å². The lowest BCUT2D eigenvalue weighted by Crippen LogP contribution is -1.82. The van der Waals surface area contributed by atoms with Gasteiger partial charge >= 0.3 is 0 Å². The van der Waals surface area contributed by atoms with Crippen molar-refractivity contribution in [3.05, 3.63) is 29.7 Å². The van der Waals surface area contributed by atoms with Crippen LogP contribution < -0.4 is 0 Å². The Morgan fingerprint density at radius 3 is 3.07 bits per heavy atom. The molecule has 0 atom stereocenters. The first-order valence-electron chi connectivity index (χ1n) is 4.06. The van der Waals surface area contributed by atoms with Crippen molar-refractivity contribution < 1.29 is 14.0 Å². The van der Waals surface area contributed by atoms with Crippen LogP contribution in [0, 0.1) is 0 Å². The smallest absolute Gasteiger partial charge is 0.186 e. The summed E-state index contributed by atoms with van der Waals surface area (Å²) >= 11 is 1.22. The van der Waals surface area contributed by atoms with Crippen LogP contribution in [0.3, 0.4) is 0 Å². The minimum absolute atomic E-state index is 0.0810. The fourth-order valence-electron chi connectivity index (χ4n) is 0.905. The number of hydrogen-bond acceptors (Lipinski definition) is 4. The molecule has 0 radical (unpaired) electrons. The molecule has 1 rings (SSSR count). The van der Waals surface area contributed by atoms with E-state index in [0.29, 0.717) is 17.8 Å². The molecule has 0 aliphatic carbocycles. The lowest BCUT2D eigenvalue weighted by Gasteiger charge is -1.88. The minimum Gasteiger partial charge on any atom is -0.461 e. The van der Waals surface area contributed by atoms with Gasteiger partial charge in [-0.05, 0) is 6.07 Å². The molecule has 0 aliphatic heterocycles. The molecule has 0 N–H and O–H groups in total. The topological polar surface area (TPSA) is 47.3 Å². The summed E-state index contributed by atoms with van der Waals surface area (Å²) < 4.78 is 4.90. The van der Waals surface area contributed by atoms with E-state index in [-0.39, 0.29) is 5.12 Å². The largest absolute Gasteiger partial charge is 0.461 e. The van der Waals surface area contributed by atoms with E-state index in [1.165, 1.54) is 24.9 Å². The highest BCUT2D eigenvalue weighted by Gasteiger charge is 1.99. The maximum absolute atomic E-state index is 10.6. The number of carbonyl (C=O) groups is 2. The van der Waals surface area contributed by atoms with Crippen LogP contribution in [-0.2, 0) is 4.79 Å². The average molecular weight is 210 g/mol. The molecule has 14 heavy (non-hydrogen) atoms. The Balaban J connectivity index is 2.51. The summed E-state index contributed by atoms with van der Waals surface area (Å²) in [7, 11) is 0. The van der Waals surface area contributed by atoms with Crippen molar-refractivity contribution in [3.63, 3.8) is 0 Å². The molecule has 4 heteroatoms. The van der Waals surface area contributed by atoms with Gasteiger partial charge in [0.25, 0.3) is 0 Å². The zero-order valence-corrected chi connectivity index (χ0v) is 8.54. The Morgan fingerprint density at radius 2 is 2.43 bits per heavy atom. The number of thioether (sulfide) groups is 1. The van der Waals surface area contributed by atoms with E-state index in [4.69, 9.17) is 4.42 Å². The fourth-order valence-corrected chi connectivity index (χ4v) is 1.33. The quantitative estimate of drug-likeness (QED) is 0.716. The number of aldehydes is 1. The summed E-state index contributed by atoms with van der Waals surface area (Å²) in [6.07, 6.45) is 5.71. The van der Waals surface area contributed by atoms with E-state index in [2.05, 4.69) is 0 Å². The first kappa shape index (κ1) is 10.8. The summed E-state index contributed by atoms with van der Waals surface area (Å²) in [6, 6.07) is 1.71. The molecule has 0 aliphatic rings.